The molecule has 4 aromatic rings. The number of hydrogen-bond acceptors (Lipinski definition) is 6. The summed E-state index contributed by atoms with van der Waals surface area (Å²) in [4.78, 5) is 11.7. The Labute approximate surface area is 148 Å². The van der Waals surface area contributed by atoms with Gasteiger partial charge in [0.25, 0.3) is 0 Å². The van der Waals surface area contributed by atoms with Crippen LogP contribution in [-0.2, 0) is 0 Å². The Morgan fingerprint density at radius 1 is 1.15 bits per heavy atom. The SMILES string of the molecule is COc1cc(OC)cc(-n2cc(O)c(-c3nc4ccncc4[nH]3)c2N)c1. The average molecular weight is 351 g/mol. The fourth-order valence-electron chi connectivity index (χ4n) is 2.87. The van der Waals surface area contributed by atoms with E-state index in [1.165, 1.54) is 6.20 Å². The van der Waals surface area contributed by atoms with Crippen molar-refractivity contribution < 1.29 is 14.6 Å². The zero-order valence-corrected chi connectivity index (χ0v) is 14.2. The highest BCUT2D eigenvalue weighted by atomic mass is 16.5. The zero-order valence-electron chi connectivity index (χ0n) is 14.2. The molecule has 0 amide bonds. The van der Waals surface area contributed by atoms with Crippen LogP contribution in [0.3, 0.4) is 0 Å². The maximum Gasteiger partial charge on any atom is 0.146 e. The van der Waals surface area contributed by atoms with Crippen molar-refractivity contribution in [2.45, 2.75) is 0 Å². The number of nitrogens with zero attached hydrogens (tertiary/aromatic N) is 3. The van der Waals surface area contributed by atoms with Crippen LogP contribution >= 0.6 is 0 Å². The molecule has 132 valence electrons. The lowest BCUT2D eigenvalue weighted by atomic mass is 10.2. The van der Waals surface area contributed by atoms with Crippen molar-refractivity contribution in [1.29, 1.82) is 0 Å². The Balaban J connectivity index is 1.87. The van der Waals surface area contributed by atoms with E-state index in [-0.39, 0.29) is 5.75 Å². The van der Waals surface area contributed by atoms with Crippen LogP contribution in [-0.4, -0.2) is 38.8 Å². The number of hydrogen-bond donors (Lipinski definition) is 3. The van der Waals surface area contributed by atoms with E-state index in [9.17, 15) is 5.11 Å². The number of aromatic hydroxyl groups is 1. The Kier molecular flexibility index (Phi) is 3.65. The standard InChI is InChI=1S/C18H17N5O3/c1-25-11-5-10(6-12(7-11)26-2)23-9-15(24)16(17(23)19)18-21-13-3-4-20-8-14(13)22-18/h3-9,24H,19H2,1-2H3,(H,21,22). The second-order valence-corrected chi connectivity index (χ2v) is 5.69. The number of nitrogen functional groups attached to an aromatic ring is 1. The number of benzene rings is 1. The van der Waals surface area contributed by atoms with Crippen molar-refractivity contribution in [2.24, 2.45) is 0 Å². The van der Waals surface area contributed by atoms with E-state index in [0.717, 1.165) is 11.0 Å². The minimum absolute atomic E-state index is 0.0105. The first kappa shape index (κ1) is 15.8. The van der Waals surface area contributed by atoms with E-state index < -0.39 is 0 Å². The number of pyridine rings is 1. The molecule has 4 N–H and O–H groups in total. The quantitative estimate of drug-likeness (QED) is 0.521. The van der Waals surface area contributed by atoms with Gasteiger partial charge in [0, 0.05) is 24.4 Å². The highest BCUT2D eigenvalue weighted by Crippen LogP contribution is 2.38. The molecule has 0 saturated heterocycles. The largest absolute Gasteiger partial charge is 0.505 e. The van der Waals surface area contributed by atoms with Crippen molar-refractivity contribution in [3.8, 4) is 34.3 Å². The molecule has 26 heavy (non-hydrogen) atoms. The summed E-state index contributed by atoms with van der Waals surface area (Å²) in [6.45, 7) is 0. The van der Waals surface area contributed by atoms with Crippen LogP contribution < -0.4 is 15.2 Å². The molecule has 8 heteroatoms. The Morgan fingerprint density at radius 2 is 1.88 bits per heavy atom. The number of aromatic nitrogens is 4. The highest BCUT2D eigenvalue weighted by Gasteiger charge is 2.20. The van der Waals surface area contributed by atoms with Gasteiger partial charge in [-0.15, -0.1) is 0 Å². The molecule has 0 bridgehead atoms. The molecular formula is C18H17N5O3. The smallest absolute Gasteiger partial charge is 0.146 e. The van der Waals surface area contributed by atoms with Crippen LogP contribution in [0.1, 0.15) is 0 Å². The monoisotopic (exact) mass is 351 g/mol. The Morgan fingerprint density at radius 3 is 2.54 bits per heavy atom. The fourth-order valence-corrected chi connectivity index (χ4v) is 2.87. The maximum atomic E-state index is 10.5. The van der Waals surface area contributed by atoms with Gasteiger partial charge in [-0.25, -0.2) is 4.98 Å². The summed E-state index contributed by atoms with van der Waals surface area (Å²) in [7, 11) is 3.14. The normalized spacial score (nSPS) is 11.0. The predicted octanol–water partition coefficient (Wildman–Crippen LogP) is 2.72. The van der Waals surface area contributed by atoms with Gasteiger partial charge in [0.2, 0.25) is 0 Å². The number of fused-ring (bicyclic) bond motifs is 1. The van der Waals surface area contributed by atoms with Gasteiger partial charge in [0.15, 0.2) is 0 Å². The lowest BCUT2D eigenvalue weighted by molar-refractivity contribution is 0.394. The fraction of sp³-hybridized carbons (Fsp3) is 0.111. The number of aromatic amines is 1. The molecule has 3 aromatic heterocycles. The van der Waals surface area contributed by atoms with E-state index in [0.29, 0.717) is 34.4 Å². The van der Waals surface area contributed by atoms with Gasteiger partial charge in [-0.3, -0.25) is 9.55 Å². The van der Waals surface area contributed by atoms with Crippen molar-refractivity contribution in [3.63, 3.8) is 0 Å². The number of imidazole rings is 1. The minimum Gasteiger partial charge on any atom is -0.505 e. The predicted molar refractivity (Wildman–Crippen MR) is 97.8 cm³/mol. The number of rotatable bonds is 4. The van der Waals surface area contributed by atoms with Gasteiger partial charge in [0.1, 0.15) is 34.5 Å². The third kappa shape index (κ3) is 2.48. The first-order chi connectivity index (χ1) is 12.6. The molecule has 0 saturated carbocycles. The Bertz CT molecular complexity index is 1040. The number of nitrogens with one attached hydrogen (secondary N) is 1. The van der Waals surface area contributed by atoms with Crippen LogP contribution in [0.25, 0.3) is 28.1 Å². The molecule has 0 aliphatic carbocycles. The van der Waals surface area contributed by atoms with Crippen LogP contribution in [0, 0.1) is 0 Å². The molecule has 0 radical (unpaired) electrons. The lowest BCUT2D eigenvalue weighted by Gasteiger charge is -2.11. The van der Waals surface area contributed by atoms with E-state index in [1.54, 1.807) is 55.4 Å². The first-order valence-corrected chi connectivity index (χ1v) is 7.84. The van der Waals surface area contributed by atoms with E-state index in [4.69, 9.17) is 15.2 Å². The second kappa shape index (κ2) is 5.99. The molecule has 1 aromatic carbocycles. The molecule has 0 aliphatic heterocycles. The number of methoxy groups -OCH3 is 2. The van der Waals surface area contributed by atoms with Gasteiger partial charge in [-0.05, 0) is 6.07 Å². The topological polar surface area (TPSA) is 111 Å². The first-order valence-electron chi connectivity index (χ1n) is 7.84. The second-order valence-electron chi connectivity index (χ2n) is 5.69. The molecule has 0 aliphatic rings. The van der Waals surface area contributed by atoms with E-state index >= 15 is 0 Å². The minimum atomic E-state index is 0.0105. The van der Waals surface area contributed by atoms with Gasteiger partial charge in [-0.1, -0.05) is 0 Å². The molecule has 3 heterocycles. The van der Waals surface area contributed by atoms with Crippen molar-refractivity contribution in [3.05, 3.63) is 42.9 Å². The van der Waals surface area contributed by atoms with Crippen molar-refractivity contribution in [2.75, 3.05) is 20.0 Å². The summed E-state index contributed by atoms with van der Waals surface area (Å²) in [5.41, 5.74) is 8.93. The number of anilines is 1. The van der Waals surface area contributed by atoms with Crippen molar-refractivity contribution in [1.82, 2.24) is 19.5 Å². The number of ether oxygens (including phenoxy) is 2. The van der Waals surface area contributed by atoms with Crippen LogP contribution in [0.5, 0.6) is 17.2 Å². The molecule has 8 nitrogen and oxygen atoms in total. The van der Waals surface area contributed by atoms with Crippen LogP contribution in [0.2, 0.25) is 0 Å². The summed E-state index contributed by atoms with van der Waals surface area (Å²) in [6.07, 6.45) is 4.86. The van der Waals surface area contributed by atoms with Gasteiger partial charge < -0.3 is 25.3 Å². The molecule has 4 rings (SSSR count). The summed E-state index contributed by atoms with van der Waals surface area (Å²) in [5, 5.41) is 10.5. The molecule has 0 fully saturated rings. The number of H-pyrrole nitrogens is 1. The van der Waals surface area contributed by atoms with E-state index in [1.807, 2.05) is 0 Å². The molecule has 0 atom stereocenters. The summed E-state index contributed by atoms with van der Waals surface area (Å²) < 4.78 is 12.3. The van der Waals surface area contributed by atoms with Gasteiger partial charge >= 0.3 is 0 Å². The number of nitrogens with two attached hydrogens (primary N) is 1. The molecular weight excluding hydrogens is 334 g/mol. The van der Waals surface area contributed by atoms with E-state index in [2.05, 4.69) is 15.0 Å². The van der Waals surface area contributed by atoms with Crippen LogP contribution in [0.4, 0.5) is 5.82 Å². The van der Waals surface area contributed by atoms with Crippen LogP contribution in [0.15, 0.2) is 42.9 Å². The van der Waals surface area contributed by atoms with Crippen molar-refractivity contribution >= 4 is 16.9 Å². The highest BCUT2D eigenvalue weighted by molar-refractivity contribution is 5.84. The molecule has 0 spiro atoms. The Hall–Kier alpha value is -3.68. The zero-order chi connectivity index (χ0) is 18.3. The third-order valence-electron chi connectivity index (χ3n) is 4.16. The van der Waals surface area contributed by atoms with Gasteiger partial charge in [-0.2, -0.15) is 0 Å². The summed E-state index contributed by atoms with van der Waals surface area (Å²) >= 11 is 0. The van der Waals surface area contributed by atoms with Gasteiger partial charge in [0.05, 0.1) is 43.3 Å². The maximum absolute atomic E-state index is 10.5. The average Bonchev–Trinajstić information content (AvgIpc) is 3.21. The lowest BCUT2D eigenvalue weighted by Crippen LogP contribution is -2.01. The molecule has 0 unspecified atom stereocenters. The summed E-state index contributed by atoms with van der Waals surface area (Å²) in [5.74, 6) is 2.05. The third-order valence-corrected chi connectivity index (χ3v) is 4.16. The summed E-state index contributed by atoms with van der Waals surface area (Å²) in [6, 6.07) is 7.14.